The molecule has 0 aromatic rings. The highest BCUT2D eigenvalue weighted by Gasteiger charge is 2.49. The number of carbonyl (C=O) groups is 2. The van der Waals surface area contributed by atoms with Gasteiger partial charge in [0.2, 0.25) is 5.91 Å². The van der Waals surface area contributed by atoms with Crippen LogP contribution in [0.1, 0.15) is 25.7 Å². The van der Waals surface area contributed by atoms with Gasteiger partial charge in [-0.1, -0.05) is 0 Å². The molecular formula is C10H15NO4. The maximum absolute atomic E-state index is 11.5. The van der Waals surface area contributed by atoms with Crippen molar-refractivity contribution in [3.8, 4) is 0 Å². The molecule has 84 valence electrons. The molecule has 1 amide bonds. The van der Waals surface area contributed by atoms with Gasteiger partial charge in [-0.2, -0.15) is 0 Å². The third-order valence-electron chi connectivity index (χ3n) is 3.25. The van der Waals surface area contributed by atoms with Crippen molar-refractivity contribution in [2.24, 2.45) is 11.8 Å². The van der Waals surface area contributed by atoms with Crippen molar-refractivity contribution in [1.29, 1.82) is 0 Å². The van der Waals surface area contributed by atoms with Crippen LogP contribution in [0.3, 0.4) is 0 Å². The Morgan fingerprint density at radius 2 is 1.93 bits per heavy atom. The van der Waals surface area contributed by atoms with Crippen LogP contribution in [-0.4, -0.2) is 34.2 Å². The van der Waals surface area contributed by atoms with Crippen LogP contribution in [0.25, 0.3) is 0 Å². The van der Waals surface area contributed by atoms with E-state index in [-0.39, 0.29) is 17.9 Å². The van der Waals surface area contributed by atoms with Crippen molar-refractivity contribution in [1.82, 2.24) is 5.32 Å². The van der Waals surface area contributed by atoms with Gasteiger partial charge in [-0.05, 0) is 25.7 Å². The second kappa shape index (κ2) is 3.81. The smallest absolute Gasteiger partial charge is 0.307 e. The minimum Gasteiger partial charge on any atom is -0.481 e. The first-order chi connectivity index (χ1) is 7.09. The molecule has 5 heteroatoms. The number of nitrogens with one attached hydrogen (secondary N) is 1. The molecule has 2 saturated carbocycles. The van der Waals surface area contributed by atoms with Gasteiger partial charge >= 0.3 is 5.97 Å². The summed E-state index contributed by atoms with van der Waals surface area (Å²) in [7, 11) is 0. The average Bonchev–Trinajstić information content (AvgIpc) is 2.88. The number of amides is 1. The first-order valence-corrected chi connectivity index (χ1v) is 5.31. The zero-order chi connectivity index (χ0) is 11.0. The lowest BCUT2D eigenvalue weighted by molar-refractivity contribution is -0.140. The monoisotopic (exact) mass is 213 g/mol. The van der Waals surface area contributed by atoms with Gasteiger partial charge < -0.3 is 15.5 Å². The van der Waals surface area contributed by atoms with Gasteiger partial charge in [0.25, 0.3) is 0 Å². The van der Waals surface area contributed by atoms with E-state index in [1.165, 1.54) is 0 Å². The Hall–Kier alpha value is -1.10. The first kappa shape index (κ1) is 10.4. The molecule has 0 saturated heterocycles. The number of carboxylic acid groups (broad SMARTS) is 1. The highest BCUT2D eigenvalue weighted by molar-refractivity contribution is 5.89. The molecule has 2 unspecified atom stereocenters. The molecule has 2 aliphatic carbocycles. The molecule has 5 nitrogen and oxygen atoms in total. The Kier molecular flexibility index (Phi) is 2.65. The van der Waals surface area contributed by atoms with Crippen LogP contribution in [0.4, 0.5) is 0 Å². The summed E-state index contributed by atoms with van der Waals surface area (Å²) in [4.78, 5) is 22.1. The van der Waals surface area contributed by atoms with Gasteiger partial charge in [0, 0.05) is 0 Å². The van der Waals surface area contributed by atoms with Crippen LogP contribution in [-0.2, 0) is 9.59 Å². The van der Waals surface area contributed by atoms with E-state index in [9.17, 15) is 14.7 Å². The summed E-state index contributed by atoms with van der Waals surface area (Å²) in [6.07, 6.45) is 2.40. The molecular weight excluding hydrogens is 198 g/mol. The maximum Gasteiger partial charge on any atom is 0.307 e. The number of hydrogen-bond donors (Lipinski definition) is 3. The van der Waals surface area contributed by atoms with Crippen molar-refractivity contribution in [3.05, 3.63) is 0 Å². The number of hydrogen-bond acceptors (Lipinski definition) is 3. The van der Waals surface area contributed by atoms with Gasteiger partial charge in [-0.15, -0.1) is 0 Å². The van der Waals surface area contributed by atoms with Crippen LogP contribution in [0.15, 0.2) is 0 Å². The SMILES string of the molecule is O=C(O)[C@H]1C[C@H]1C(=O)NC1CCCC1O. The highest BCUT2D eigenvalue weighted by atomic mass is 16.4. The summed E-state index contributed by atoms with van der Waals surface area (Å²) in [5.74, 6) is -2.01. The van der Waals surface area contributed by atoms with Crippen LogP contribution in [0.2, 0.25) is 0 Å². The molecule has 0 aromatic heterocycles. The molecule has 0 aliphatic heterocycles. The predicted molar refractivity (Wildman–Crippen MR) is 51.0 cm³/mol. The molecule has 4 atom stereocenters. The third-order valence-corrected chi connectivity index (χ3v) is 3.25. The second-order valence-electron chi connectivity index (χ2n) is 4.40. The van der Waals surface area contributed by atoms with E-state index in [1.807, 2.05) is 0 Å². The Labute approximate surface area is 87.5 Å². The van der Waals surface area contributed by atoms with Crippen LogP contribution in [0.5, 0.6) is 0 Å². The van der Waals surface area contributed by atoms with Gasteiger partial charge in [-0.25, -0.2) is 0 Å². The van der Waals surface area contributed by atoms with E-state index >= 15 is 0 Å². The van der Waals surface area contributed by atoms with E-state index in [1.54, 1.807) is 0 Å². The zero-order valence-corrected chi connectivity index (χ0v) is 8.35. The third kappa shape index (κ3) is 2.12. The summed E-state index contributed by atoms with van der Waals surface area (Å²) >= 11 is 0. The predicted octanol–water partition coefficient (Wildman–Crippen LogP) is -0.263. The fourth-order valence-corrected chi connectivity index (χ4v) is 2.16. The molecule has 0 aromatic carbocycles. The lowest BCUT2D eigenvalue weighted by Crippen LogP contribution is -2.41. The lowest BCUT2D eigenvalue weighted by atomic mass is 10.2. The summed E-state index contributed by atoms with van der Waals surface area (Å²) in [6.45, 7) is 0. The Bertz CT molecular complexity index is 291. The largest absolute Gasteiger partial charge is 0.481 e. The van der Waals surface area contributed by atoms with Crippen molar-refractivity contribution in [2.75, 3.05) is 0 Å². The summed E-state index contributed by atoms with van der Waals surface area (Å²) in [5.41, 5.74) is 0. The number of aliphatic carboxylic acids is 1. The van der Waals surface area contributed by atoms with E-state index in [0.717, 1.165) is 19.3 Å². The normalized spacial score (nSPS) is 38.7. The molecule has 0 radical (unpaired) electrons. The minimum absolute atomic E-state index is 0.174. The molecule has 0 heterocycles. The number of aliphatic hydroxyl groups is 1. The molecule has 0 spiro atoms. The maximum atomic E-state index is 11.5. The fraction of sp³-hybridized carbons (Fsp3) is 0.800. The molecule has 0 bridgehead atoms. The fourth-order valence-electron chi connectivity index (χ4n) is 2.16. The first-order valence-electron chi connectivity index (χ1n) is 5.31. The second-order valence-corrected chi connectivity index (χ2v) is 4.40. The van der Waals surface area contributed by atoms with Crippen molar-refractivity contribution in [2.45, 2.75) is 37.8 Å². The molecule has 15 heavy (non-hydrogen) atoms. The molecule has 3 N–H and O–H groups in total. The number of carbonyl (C=O) groups excluding carboxylic acids is 1. The van der Waals surface area contributed by atoms with E-state index in [4.69, 9.17) is 5.11 Å². The van der Waals surface area contributed by atoms with Crippen LogP contribution < -0.4 is 5.32 Å². The average molecular weight is 213 g/mol. The zero-order valence-electron chi connectivity index (χ0n) is 8.35. The Morgan fingerprint density at radius 1 is 1.20 bits per heavy atom. The summed E-state index contributed by atoms with van der Waals surface area (Å²) in [5, 5.41) is 20.9. The quantitative estimate of drug-likeness (QED) is 0.602. The van der Waals surface area contributed by atoms with Crippen molar-refractivity contribution < 1.29 is 19.8 Å². The summed E-state index contributed by atoms with van der Waals surface area (Å²) < 4.78 is 0. The van der Waals surface area contributed by atoms with Crippen molar-refractivity contribution in [3.63, 3.8) is 0 Å². The molecule has 2 fully saturated rings. The van der Waals surface area contributed by atoms with Gasteiger partial charge in [0.1, 0.15) is 0 Å². The lowest BCUT2D eigenvalue weighted by Gasteiger charge is -2.16. The van der Waals surface area contributed by atoms with E-state index in [0.29, 0.717) is 6.42 Å². The Morgan fingerprint density at radius 3 is 2.40 bits per heavy atom. The molecule has 2 rings (SSSR count). The van der Waals surface area contributed by atoms with Crippen LogP contribution >= 0.6 is 0 Å². The number of rotatable bonds is 3. The molecule has 2 aliphatic rings. The van der Waals surface area contributed by atoms with Gasteiger partial charge in [0.15, 0.2) is 0 Å². The standard InChI is InChI=1S/C10H15NO4/c12-8-3-1-2-7(8)11-9(13)5-4-6(5)10(14)15/h5-8,12H,1-4H2,(H,11,13)(H,14,15)/t5-,6+,7?,8?/m1/s1. The van der Waals surface area contributed by atoms with Crippen molar-refractivity contribution >= 4 is 11.9 Å². The van der Waals surface area contributed by atoms with Gasteiger partial charge in [-0.3, -0.25) is 9.59 Å². The topological polar surface area (TPSA) is 86.6 Å². The van der Waals surface area contributed by atoms with Gasteiger partial charge in [0.05, 0.1) is 24.0 Å². The van der Waals surface area contributed by atoms with E-state index < -0.39 is 18.0 Å². The van der Waals surface area contributed by atoms with E-state index in [2.05, 4.69) is 5.32 Å². The number of aliphatic hydroxyl groups excluding tert-OH is 1. The Balaban J connectivity index is 1.81. The number of carboxylic acids is 1. The minimum atomic E-state index is -0.901. The summed E-state index contributed by atoms with van der Waals surface area (Å²) in [6, 6.07) is -0.174. The van der Waals surface area contributed by atoms with Crippen LogP contribution in [0, 0.1) is 11.8 Å². The highest BCUT2D eigenvalue weighted by Crippen LogP contribution is 2.39.